The minimum absolute atomic E-state index is 0.172. The lowest BCUT2D eigenvalue weighted by Crippen LogP contribution is -2.50. The molecule has 0 amide bonds. The minimum Gasteiger partial charge on any atom is -0.466 e. The Bertz CT molecular complexity index is 964. The van der Waals surface area contributed by atoms with Gasteiger partial charge in [-0.1, -0.05) is 35.4 Å². The summed E-state index contributed by atoms with van der Waals surface area (Å²) in [7, 11) is 0. The van der Waals surface area contributed by atoms with Crippen LogP contribution in [0.25, 0.3) is 0 Å². The highest BCUT2D eigenvalue weighted by atomic mass is 16.4. The van der Waals surface area contributed by atoms with Crippen molar-refractivity contribution in [2.45, 2.75) is 32.5 Å². The van der Waals surface area contributed by atoms with Crippen molar-refractivity contribution in [2.24, 2.45) is 0 Å². The fraction of sp³-hybridized carbons (Fsp3) is 0.273. The fourth-order valence-corrected chi connectivity index (χ4v) is 4.36. The molecule has 2 aliphatic heterocycles. The Morgan fingerprint density at radius 3 is 2.58 bits per heavy atom. The zero-order valence-corrected chi connectivity index (χ0v) is 15.0. The lowest BCUT2D eigenvalue weighted by molar-refractivity contribution is 0.114. The molecule has 0 aliphatic carbocycles. The second-order valence-electron chi connectivity index (χ2n) is 7.41. The summed E-state index contributed by atoms with van der Waals surface area (Å²) >= 11 is 0. The summed E-state index contributed by atoms with van der Waals surface area (Å²) < 4.78 is 5.55. The third kappa shape index (κ3) is 2.26. The molecule has 0 radical (unpaired) electrons. The number of aliphatic hydroxyl groups excluding tert-OH is 1. The van der Waals surface area contributed by atoms with Crippen LogP contribution in [0.4, 0.5) is 11.4 Å². The highest BCUT2D eigenvalue weighted by molar-refractivity contribution is 5.70. The van der Waals surface area contributed by atoms with Gasteiger partial charge in [0, 0.05) is 23.5 Å². The molecule has 1 N–H and O–H groups in total. The van der Waals surface area contributed by atoms with Crippen LogP contribution in [0.2, 0.25) is 0 Å². The van der Waals surface area contributed by atoms with Crippen LogP contribution < -0.4 is 9.80 Å². The van der Waals surface area contributed by atoms with E-state index in [1.54, 1.807) is 6.26 Å². The lowest BCUT2D eigenvalue weighted by atomic mass is 9.89. The van der Waals surface area contributed by atoms with Crippen LogP contribution in [-0.4, -0.2) is 11.8 Å². The average Bonchev–Trinajstić information content (AvgIpc) is 3.15. The Hall–Kier alpha value is -2.72. The third-order valence-corrected chi connectivity index (χ3v) is 5.54. The number of hydrogen-bond donors (Lipinski definition) is 1. The lowest BCUT2D eigenvalue weighted by Gasteiger charge is -2.50. The van der Waals surface area contributed by atoms with Crippen LogP contribution in [0.5, 0.6) is 0 Å². The zero-order chi connectivity index (χ0) is 17.8. The number of rotatable bonds is 2. The van der Waals surface area contributed by atoms with E-state index in [2.05, 4.69) is 60.0 Å². The van der Waals surface area contributed by atoms with E-state index in [1.807, 2.05) is 12.1 Å². The van der Waals surface area contributed by atoms with Crippen molar-refractivity contribution in [1.29, 1.82) is 0 Å². The van der Waals surface area contributed by atoms with Crippen LogP contribution in [0, 0.1) is 13.8 Å². The number of benzene rings is 2. The van der Waals surface area contributed by atoms with Gasteiger partial charge in [0.05, 0.1) is 19.0 Å². The van der Waals surface area contributed by atoms with Gasteiger partial charge in [0.1, 0.15) is 11.9 Å². The molecule has 2 aromatic carbocycles. The highest BCUT2D eigenvalue weighted by Crippen LogP contribution is 2.48. The number of anilines is 2. The molecule has 2 bridgehead atoms. The molecule has 2 aliphatic rings. The number of furan rings is 1. The smallest absolute Gasteiger partial charge is 0.136 e. The summed E-state index contributed by atoms with van der Waals surface area (Å²) in [4.78, 5) is 4.70. The number of fused-ring (bicyclic) bond motifs is 6. The molecule has 3 aromatic rings. The maximum atomic E-state index is 11.2. The van der Waals surface area contributed by atoms with E-state index in [0.717, 1.165) is 18.8 Å². The molecule has 4 heteroatoms. The molecule has 132 valence electrons. The zero-order valence-electron chi connectivity index (χ0n) is 15.0. The summed E-state index contributed by atoms with van der Waals surface area (Å²) in [5.41, 5.74) is 7.33. The molecule has 1 unspecified atom stereocenters. The maximum Gasteiger partial charge on any atom is 0.136 e. The molecule has 0 spiro atoms. The van der Waals surface area contributed by atoms with Gasteiger partial charge in [0.2, 0.25) is 0 Å². The van der Waals surface area contributed by atoms with Crippen LogP contribution in [0.1, 0.15) is 40.2 Å². The Kier molecular flexibility index (Phi) is 3.37. The fourth-order valence-electron chi connectivity index (χ4n) is 4.36. The molecule has 3 heterocycles. The summed E-state index contributed by atoms with van der Waals surface area (Å²) in [6.45, 7) is 5.90. The van der Waals surface area contributed by atoms with Crippen LogP contribution in [0.15, 0.2) is 59.2 Å². The highest BCUT2D eigenvalue weighted by Gasteiger charge is 2.41. The predicted octanol–water partition coefficient (Wildman–Crippen LogP) is 4.47. The Morgan fingerprint density at radius 2 is 1.81 bits per heavy atom. The van der Waals surface area contributed by atoms with Gasteiger partial charge in [-0.2, -0.15) is 0 Å². The number of aliphatic hydroxyl groups is 1. The van der Waals surface area contributed by atoms with E-state index in [4.69, 9.17) is 4.42 Å². The first-order valence-corrected chi connectivity index (χ1v) is 9.05. The molecule has 26 heavy (non-hydrogen) atoms. The van der Waals surface area contributed by atoms with Crippen molar-refractivity contribution in [3.63, 3.8) is 0 Å². The van der Waals surface area contributed by atoms with Crippen molar-refractivity contribution >= 4 is 11.4 Å². The van der Waals surface area contributed by atoms with E-state index in [9.17, 15) is 5.11 Å². The van der Waals surface area contributed by atoms with E-state index < -0.39 is 6.10 Å². The SMILES string of the molecule is Cc1ccc2c(c1)CN1CN2[C@H](C(O)c2ccco2)c2cc(C)ccc21. The first-order chi connectivity index (χ1) is 12.6. The van der Waals surface area contributed by atoms with Crippen molar-refractivity contribution < 1.29 is 9.52 Å². The van der Waals surface area contributed by atoms with Gasteiger partial charge in [-0.3, -0.25) is 0 Å². The van der Waals surface area contributed by atoms with E-state index >= 15 is 0 Å². The van der Waals surface area contributed by atoms with Gasteiger partial charge < -0.3 is 19.3 Å². The van der Waals surface area contributed by atoms with Gasteiger partial charge >= 0.3 is 0 Å². The number of aryl methyl sites for hydroxylation is 2. The standard InChI is InChI=1S/C22H22N2O2/c1-14-5-7-18-16(10-14)12-23-13-24(18)21(22(25)20-4-3-9-26-20)17-11-15(2)6-8-19(17)23/h3-11,21-22,25H,12-13H2,1-2H3/t21-,22?/m0/s1. The van der Waals surface area contributed by atoms with Crippen LogP contribution >= 0.6 is 0 Å². The largest absolute Gasteiger partial charge is 0.466 e. The molecule has 5 rings (SSSR count). The molecule has 0 fully saturated rings. The molecular formula is C22H22N2O2. The summed E-state index contributed by atoms with van der Waals surface area (Å²) in [6.07, 6.45) is 0.901. The molecule has 0 saturated carbocycles. The Morgan fingerprint density at radius 1 is 1.04 bits per heavy atom. The number of nitrogens with zero attached hydrogens (tertiary/aromatic N) is 2. The van der Waals surface area contributed by atoms with Gasteiger partial charge in [-0.25, -0.2) is 0 Å². The first-order valence-electron chi connectivity index (χ1n) is 9.05. The van der Waals surface area contributed by atoms with Crippen LogP contribution in [0.3, 0.4) is 0 Å². The molecule has 1 aromatic heterocycles. The van der Waals surface area contributed by atoms with Gasteiger partial charge in [0.15, 0.2) is 0 Å². The normalized spacial score (nSPS) is 19.1. The average molecular weight is 346 g/mol. The van der Waals surface area contributed by atoms with Gasteiger partial charge in [-0.05, 0) is 43.7 Å². The Labute approximate surface area is 153 Å². The monoisotopic (exact) mass is 346 g/mol. The van der Waals surface area contributed by atoms with E-state index in [0.29, 0.717) is 5.76 Å². The maximum absolute atomic E-state index is 11.2. The van der Waals surface area contributed by atoms with Crippen molar-refractivity contribution in [3.8, 4) is 0 Å². The molecule has 4 nitrogen and oxygen atoms in total. The second kappa shape index (κ2) is 5.64. The van der Waals surface area contributed by atoms with E-state index in [1.165, 1.54) is 28.1 Å². The van der Waals surface area contributed by atoms with Gasteiger partial charge in [0.25, 0.3) is 0 Å². The topological polar surface area (TPSA) is 39.9 Å². The predicted molar refractivity (Wildman–Crippen MR) is 102 cm³/mol. The minimum atomic E-state index is -0.722. The summed E-state index contributed by atoms with van der Waals surface area (Å²) in [6, 6.07) is 16.6. The summed E-state index contributed by atoms with van der Waals surface area (Å²) in [5.74, 6) is 0.607. The van der Waals surface area contributed by atoms with E-state index in [-0.39, 0.29) is 6.04 Å². The summed E-state index contributed by atoms with van der Waals surface area (Å²) in [5, 5.41) is 11.2. The second-order valence-corrected chi connectivity index (χ2v) is 7.41. The quantitative estimate of drug-likeness (QED) is 0.743. The van der Waals surface area contributed by atoms with Crippen molar-refractivity contribution in [2.75, 3.05) is 16.5 Å². The molecule has 0 saturated heterocycles. The van der Waals surface area contributed by atoms with Gasteiger partial charge in [-0.15, -0.1) is 0 Å². The third-order valence-electron chi connectivity index (χ3n) is 5.54. The molecule has 2 atom stereocenters. The Balaban J connectivity index is 1.70. The first kappa shape index (κ1) is 15.5. The number of hydrogen-bond acceptors (Lipinski definition) is 4. The van der Waals surface area contributed by atoms with Crippen LogP contribution in [-0.2, 0) is 6.54 Å². The van der Waals surface area contributed by atoms with Crippen molar-refractivity contribution in [3.05, 3.63) is 82.8 Å². The van der Waals surface area contributed by atoms with Crippen molar-refractivity contribution in [1.82, 2.24) is 0 Å². The molecular weight excluding hydrogens is 324 g/mol.